The first-order chi connectivity index (χ1) is 11.3. The molecule has 23 heavy (non-hydrogen) atoms. The molecule has 0 aromatic heterocycles. The van der Waals surface area contributed by atoms with E-state index in [1.54, 1.807) is 17.2 Å². The summed E-state index contributed by atoms with van der Waals surface area (Å²) in [5.74, 6) is -0.340. The van der Waals surface area contributed by atoms with Crippen molar-refractivity contribution in [2.45, 2.75) is 0 Å². The van der Waals surface area contributed by atoms with Gasteiger partial charge in [-0.25, -0.2) is 4.79 Å². The molecule has 0 atom stereocenters. The lowest BCUT2D eigenvalue weighted by atomic mass is 10.1. The van der Waals surface area contributed by atoms with Gasteiger partial charge in [-0.05, 0) is 24.3 Å². The van der Waals surface area contributed by atoms with Crippen LogP contribution in [0.4, 0.5) is 5.69 Å². The monoisotopic (exact) mass is 310 g/mol. The SMILES string of the molecule is O=Cc1ccccc1N1CCN(OC(=O)c2ccccc2)CC1. The lowest BCUT2D eigenvalue weighted by Crippen LogP contribution is -2.47. The van der Waals surface area contributed by atoms with Crippen molar-refractivity contribution in [1.29, 1.82) is 0 Å². The molecular formula is C18H18N2O3. The number of piperazine rings is 1. The van der Waals surface area contributed by atoms with Gasteiger partial charge in [0.2, 0.25) is 0 Å². The maximum atomic E-state index is 12.0. The Kier molecular flexibility index (Phi) is 4.68. The lowest BCUT2D eigenvalue weighted by Gasteiger charge is -2.35. The average molecular weight is 310 g/mol. The number of aldehydes is 1. The molecule has 0 radical (unpaired) electrons. The zero-order chi connectivity index (χ0) is 16.1. The van der Waals surface area contributed by atoms with E-state index in [4.69, 9.17) is 4.84 Å². The second-order valence-electron chi connectivity index (χ2n) is 5.34. The minimum atomic E-state index is -0.340. The van der Waals surface area contributed by atoms with Crippen LogP contribution in [0.3, 0.4) is 0 Å². The van der Waals surface area contributed by atoms with Crippen LogP contribution in [0, 0.1) is 0 Å². The number of anilines is 1. The highest BCUT2D eigenvalue weighted by atomic mass is 16.7. The van der Waals surface area contributed by atoms with E-state index < -0.39 is 0 Å². The number of rotatable bonds is 4. The molecule has 5 heteroatoms. The fourth-order valence-corrected chi connectivity index (χ4v) is 2.64. The van der Waals surface area contributed by atoms with Gasteiger partial charge in [-0.2, -0.15) is 0 Å². The Labute approximate surface area is 135 Å². The fourth-order valence-electron chi connectivity index (χ4n) is 2.64. The Morgan fingerprint density at radius 3 is 2.26 bits per heavy atom. The fraction of sp³-hybridized carbons (Fsp3) is 0.222. The molecule has 3 rings (SSSR count). The molecule has 0 unspecified atom stereocenters. The van der Waals surface area contributed by atoms with E-state index >= 15 is 0 Å². The van der Waals surface area contributed by atoms with Crippen LogP contribution in [0.15, 0.2) is 54.6 Å². The van der Waals surface area contributed by atoms with Crippen LogP contribution in [0.1, 0.15) is 20.7 Å². The third kappa shape index (κ3) is 3.57. The van der Waals surface area contributed by atoms with E-state index in [-0.39, 0.29) is 5.97 Å². The number of carbonyl (C=O) groups excluding carboxylic acids is 2. The lowest BCUT2D eigenvalue weighted by molar-refractivity contribution is -0.112. The summed E-state index contributed by atoms with van der Waals surface area (Å²) in [5, 5.41) is 1.68. The number of carbonyl (C=O) groups is 2. The van der Waals surface area contributed by atoms with Gasteiger partial charge >= 0.3 is 5.97 Å². The summed E-state index contributed by atoms with van der Waals surface area (Å²) in [6.07, 6.45) is 0.872. The van der Waals surface area contributed by atoms with Crippen molar-refractivity contribution in [2.24, 2.45) is 0 Å². The van der Waals surface area contributed by atoms with Gasteiger partial charge < -0.3 is 9.74 Å². The highest BCUT2D eigenvalue weighted by molar-refractivity contribution is 5.89. The van der Waals surface area contributed by atoms with Gasteiger partial charge in [0.1, 0.15) is 0 Å². The third-order valence-electron chi connectivity index (χ3n) is 3.86. The average Bonchev–Trinajstić information content (AvgIpc) is 2.63. The van der Waals surface area contributed by atoms with Crippen LogP contribution in [0.2, 0.25) is 0 Å². The topological polar surface area (TPSA) is 49.9 Å². The van der Waals surface area contributed by atoms with E-state index in [9.17, 15) is 9.59 Å². The Bertz CT molecular complexity index is 680. The van der Waals surface area contributed by atoms with Crippen molar-refractivity contribution in [1.82, 2.24) is 5.06 Å². The molecule has 1 aliphatic rings. The molecule has 1 fully saturated rings. The first-order valence-electron chi connectivity index (χ1n) is 7.59. The van der Waals surface area contributed by atoms with Gasteiger partial charge in [-0.3, -0.25) is 4.79 Å². The first-order valence-corrected chi connectivity index (χ1v) is 7.59. The van der Waals surface area contributed by atoms with Crippen LogP contribution in [0.5, 0.6) is 0 Å². The number of hydroxylamine groups is 2. The summed E-state index contributed by atoms with van der Waals surface area (Å²) < 4.78 is 0. The smallest absolute Gasteiger partial charge is 0.357 e. The summed E-state index contributed by atoms with van der Waals surface area (Å²) in [6.45, 7) is 2.61. The van der Waals surface area contributed by atoms with Crippen LogP contribution in [-0.4, -0.2) is 43.5 Å². The van der Waals surface area contributed by atoms with Gasteiger partial charge in [0, 0.05) is 24.3 Å². The molecule has 0 saturated carbocycles. The van der Waals surface area contributed by atoms with Gasteiger partial charge in [-0.1, -0.05) is 30.3 Å². The molecule has 1 heterocycles. The largest absolute Gasteiger partial charge is 0.368 e. The molecule has 0 amide bonds. The van der Waals surface area contributed by atoms with E-state index in [1.807, 2.05) is 42.5 Å². The summed E-state index contributed by atoms with van der Waals surface area (Å²) in [4.78, 5) is 30.7. The summed E-state index contributed by atoms with van der Waals surface area (Å²) in [7, 11) is 0. The molecule has 0 bridgehead atoms. The molecule has 2 aromatic carbocycles. The van der Waals surface area contributed by atoms with E-state index in [0.29, 0.717) is 37.3 Å². The summed E-state index contributed by atoms with van der Waals surface area (Å²) in [5.41, 5.74) is 2.15. The zero-order valence-electron chi connectivity index (χ0n) is 12.7. The number of hydrogen-bond acceptors (Lipinski definition) is 5. The predicted molar refractivity (Wildman–Crippen MR) is 87.5 cm³/mol. The van der Waals surface area contributed by atoms with E-state index in [1.165, 1.54) is 0 Å². The van der Waals surface area contributed by atoms with Crippen LogP contribution >= 0.6 is 0 Å². The molecule has 0 aliphatic carbocycles. The van der Waals surface area contributed by atoms with Crippen molar-refractivity contribution >= 4 is 17.9 Å². The van der Waals surface area contributed by atoms with Gasteiger partial charge in [0.05, 0.1) is 18.7 Å². The van der Waals surface area contributed by atoms with Crippen molar-refractivity contribution in [3.8, 4) is 0 Å². The molecule has 0 spiro atoms. The summed E-state index contributed by atoms with van der Waals surface area (Å²) >= 11 is 0. The van der Waals surface area contributed by atoms with Crippen LogP contribution in [0.25, 0.3) is 0 Å². The highest BCUT2D eigenvalue weighted by Crippen LogP contribution is 2.20. The second-order valence-corrected chi connectivity index (χ2v) is 5.34. The molecule has 2 aromatic rings. The number of nitrogens with zero attached hydrogens (tertiary/aromatic N) is 2. The van der Waals surface area contributed by atoms with Crippen molar-refractivity contribution < 1.29 is 14.4 Å². The highest BCUT2D eigenvalue weighted by Gasteiger charge is 2.22. The maximum absolute atomic E-state index is 12.0. The van der Waals surface area contributed by atoms with Gasteiger partial charge in [-0.15, -0.1) is 5.06 Å². The Morgan fingerprint density at radius 2 is 1.57 bits per heavy atom. The Hall–Kier alpha value is -2.66. The van der Waals surface area contributed by atoms with Crippen molar-refractivity contribution in [2.75, 3.05) is 31.1 Å². The van der Waals surface area contributed by atoms with Crippen LogP contribution in [-0.2, 0) is 4.84 Å². The third-order valence-corrected chi connectivity index (χ3v) is 3.86. The summed E-state index contributed by atoms with van der Waals surface area (Å²) in [6, 6.07) is 16.5. The molecule has 118 valence electrons. The van der Waals surface area contributed by atoms with E-state index in [0.717, 1.165) is 12.0 Å². The van der Waals surface area contributed by atoms with Crippen molar-refractivity contribution in [3.63, 3.8) is 0 Å². The normalized spacial score (nSPS) is 15.2. The molecule has 1 saturated heterocycles. The quantitative estimate of drug-likeness (QED) is 0.812. The Balaban J connectivity index is 1.58. The van der Waals surface area contributed by atoms with Crippen LogP contribution < -0.4 is 4.90 Å². The standard InChI is InChI=1S/C18H18N2O3/c21-14-16-8-4-5-9-17(16)19-10-12-20(13-11-19)23-18(22)15-6-2-1-3-7-15/h1-9,14H,10-13H2. The molecule has 5 nitrogen and oxygen atoms in total. The maximum Gasteiger partial charge on any atom is 0.357 e. The predicted octanol–water partition coefficient (Wildman–Crippen LogP) is 2.39. The minimum Gasteiger partial charge on any atom is -0.368 e. The van der Waals surface area contributed by atoms with E-state index in [2.05, 4.69) is 4.90 Å². The molecule has 0 N–H and O–H groups in total. The number of para-hydroxylation sites is 1. The van der Waals surface area contributed by atoms with Crippen molar-refractivity contribution in [3.05, 3.63) is 65.7 Å². The molecule has 1 aliphatic heterocycles. The number of benzene rings is 2. The zero-order valence-corrected chi connectivity index (χ0v) is 12.7. The van der Waals surface area contributed by atoms with Gasteiger partial charge in [0.15, 0.2) is 6.29 Å². The molecular weight excluding hydrogens is 292 g/mol. The number of hydrogen-bond donors (Lipinski definition) is 0. The van der Waals surface area contributed by atoms with Gasteiger partial charge in [0.25, 0.3) is 0 Å². The Morgan fingerprint density at radius 1 is 0.913 bits per heavy atom. The first kappa shape index (κ1) is 15.2. The minimum absolute atomic E-state index is 0.340. The second kappa shape index (κ2) is 7.07.